The monoisotopic (exact) mass is 502 g/mol. The average molecular weight is 503 g/mol. The van der Waals surface area contributed by atoms with Gasteiger partial charge in [0.25, 0.3) is 11.8 Å². The van der Waals surface area contributed by atoms with Crippen molar-refractivity contribution in [1.29, 1.82) is 0 Å². The molecule has 3 aromatic rings. The summed E-state index contributed by atoms with van der Waals surface area (Å²) >= 11 is 0. The molecule has 4 rings (SSSR count). The van der Waals surface area contributed by atoms with Crippen molar-refractivity contribution in [1.82, 2.24) is 10.9 Å². The third kappa shape index (κ3) is 6.44. The van der Waals surface area contributed by atoms with Crippen LogP contribution in [-0.2, 0) is 20.8 Å². The van der Waals surface area contributed by atoms with Crippen LogP contribution in [0.25, 0.3) is 0 Å². The minimum atomic E-state index is -0.769. The second-order valence-corrected chi connectivity index (χ2v) is 7.84. The topological polar surface area (TPSA) is 109 Å². The Kier molecular flexibility index (Phi) is 8.01. The van der Waals surface area contributed by atoms with Gasteiger partial charge in [-0.3, -0.25) is 9.59 Å². The molecule has 1 heterocycles. The van der Waals surface area contributed by atoms with E-state index < -0.39 is 17.8 Å². The molecule has 3 aromatic carbocycles. The summed E-state index contributed by atoms with van der Waals surface area (Å²) in [7, 11) is 1.53. The molecule has 9 nitrogen and oxygen atoms in total. The van der Waals surface area contributed by atoms with Crippen molar-refractivity contribution in [2.75, 3.05) is 18.7 Å². The first-order valence-corrected chi connectivity index (χ1v) is 11.3. The molecule has 0 radical (unpaired) electrons. The normalized spacial score (nSPS) is 14.4. The fraction of sp³-hybridized carbons (Fsp3) is 0.111. The molecule has 1 fully saturated rings. The van der Waals surface area contributed by atoms with E-state index in [1.54, 1.807) is 66.7 Å². The summed E-state index contributed by atoms with van der Waals surface area (Å²) in [5, 5.41) is 4.01. The highest BCUT2D eigenvalue weighted by molar-refractivity contribution is 6.45. The number of nitrogens with one attached hydrogen (secondary N) is 2. The maximum atomic E-state index is 13.1. The SMILES string of the molecule is COc1ccc(N2NOC(=O)/C2=C\C(=NC(=O)c2ccccc2)C(=O)NCCc2ccc(F)cc2)cc1. The molecule has 0 spiro atoms. The number of anilines is 1. The van der Waals surface area contributed by atoms with E-state index in [0.29, 0.717) is 17.9 Å². The molecule has 37 heavy (non-hydrogen) atoms. The van der Waals surface area contributed by atoms with Crippen molar-refractivity contribution in [2.24, 2.45) is 4.99 Å². The Bertz CT molecular complexity index is 1340. The van der Waals surface area contributed by atoms with Crippen LogP contribution in [0.4, 0.5) is 10.1 Å². The number of hydrazine groups is 1. The molecule has 188 valence electrons. The van der Waals surface area contributed by atoms with Crippen molar-refractivity contribution >= 4 is 29.2 Å². The number of benzene rings is 3. The van der Waals surface area contributed by atoms with Crippen LogP contribution < -0.4 is 20.7 Å². The molecule has 2 amide bonds. The van der Waals surface area contributed by atoms with Gasteiger partial charge in [-0.05, 0) is 60.5 Å². The quantitative estimate of drug-likeness (QED) is 0.360. The largest absolute Gasteiger partial charge is 0.497 e. The van der Waals surface area contributed by atoms with E-state index in [4.69, 9.17) is 9.57 Å². The first-order valence-electron chi connectivity index (χ1n) is 11.3. The predicted molar refractivity (Wildman–Crippen MR) is 134 cm³/mol. The van der Waals surface area contributed by atoms with E-state index in [1.165, 1.54) is 30.3 Å². The second kappa shape index (κ2) is 11.7. The molecule has 0 aliphatic carbocycles. The van der Waals surface area contributed by atoms with Gasteiger partial charge < -0.3 is 14.9 Å². The van der Waals surface area contributed by atoms with Crippen LogP contribution >= 0.6 is 0 Å². The molecule has 0 bridgehead atoms. The lowest BCUT2D eigenvalue weighted by Crippen LogP contribution is -2.34. The van der Waals surface area contributed by atoms with Crippen molar-refractivity contribution in [3.8, 4) is 5.75 Å². The Morgan fingerprint density at radius 3 is 2.43 bits per heavy atom. The van der Waals surface area contributed by atoms with Gasteiger partial charge in [0.2, 0.25) is 0 Å². The van der Waals surface area contributed by atoms with E-state index in [2.05, 4.69) is 15.9 Å². The van der Waals surface area contributed by atoms with Crippen LogP contribution in [0.1, 0.15) is 15.9 Å². The minimum Gasteiger partial charge on any atom is -0.497 e. The van der Waals surface area contributed by atoms with Gasteiger partial charge in [-0.1, -0.05) is 35.9 Å². The van der Waals surface area contributed by atoms with Gasteiger partial charge in [-0.15, -0.1) is 0 Å². The average Bonchev–Trinajstić information content (AvgIpc) is 3.29. The standard InChI is InChI=1S/C27H23FN4O5/c1-36-22-13-11-21(12-14-22)32-24(27(35)37-31-32)17-23(30-25(33)19-5-3-2-4-6-19)26(34)29-16-15-18-7-9-20(28)10-8-18/h2-14,17,31H,15-16H2,1H3,(H,29,34)/b24-17+,30-23?. The van der Waals surface area contributed by atoms with Gasteiger partial charge in [-0.25, -0.2) is 19.2 Å². The van der Waals surface area contributed by atoms with Gasteiger partial charge in [0.05, 0.1) is 12.8 Å². The molecule has 0 aromatic heterocycles. The number of hydrogen-bond acceptors (Lipinski definition) is 7. The number of halogens is 1. The Labute approximate surface area is 212 Å². The fourth-order valence-electron chi connectivity index (χ4n) is 3.42. The first kappa shape index (κ1) is 25.3. The van der Waals surface area contributed by atoms with Gasteiger partial charge in [-0.2, -0.15) is 0 Å². The van der Waals surface area contributed by atoms with E-state index in [9.17, 15) is 18.8 Å². The summed E-state index contributed by atoms with van der Waals surface area (Å²) in [4.78, 5) is 47.3. The van der Waals surface area contributed by atoms with Crippen molar-refractivity contribution in [3.05, 3.63) is 108 Å². The van der Waals surface area contributed by atoms with E-state index in [1.807, 2.05) is 0 Å². The number of hydrogen-bond donors (Lipinski definition) is 2. The number of carbonyl (C=O) groups is 3. The van der Waals surface area contributed by atoms with E-state index in [0.717, 1.165) is 5.56 Å². The Morgan fingerprint density at radius 1 is 1.05 bits per heavy atom. The zero-order valence-corrected chi connectivity index (χ0v) is 19.8. The van der Waals surface area contributed by atoms with Crippen LogP contribution in [-0.4, -0.2) is 37.1 Å². The Balaban J connectivity index is 1.60. The Hall–Kier alpha value is -4.83. The number of ether oxygens (including phenoxy) is 1. The third-order valence-electron chi connectivity index (χ3n) is 5.37. The van der Waals surface area contributed by atoms with Gasteiger partial charge >= 0.3 is 5.97 Å². The summed E-state index contributed by atoms with van der Waals surface area (Å²) in [6.07, 6.45) is 1.60. The van der Waals surface area contributed by atoms with Crippen LogP contribution in [0.2, 0.25) is 0 Å². The molecule has 1 aliphatic heterocycles. The van der Waals surface area contributed by atoms with Crippen LogP contribution in [0.5, 0.6) is 5.75 Å². The van der Waals surface area contributed by atoms with Gasteiger partial charge in [0.1, 0.15) is 17.3 Å². The lowest BCUT2D eigenvalue weighted by molar-refractivity contribution is -0.140. The third-order valence-corrected chi connectivity index (χ3v) is 5.37. The van der Waals surface area contributed by atoms with Crippen LogP contribution in [0.15, 0.2) is 95.6 Å². The van der Waals surface area contributed by atoms with Gasteiger partial charge in [0.15, 0.2) is 5.70 Å². The second-order valence-electron chi connectivity index (χ2n) is 7.84. The van der Waals surface area contributed by atoms with E-state index >= 15 is 0 Å². The first-order chi connectivity index (χ1) is 17.9. The number of methoxy groups -OCH3 is 1. The number of carbonyl (C=O) groups excluding carboxylic acids is 3. The molecule has 0 saturated carbocycles. The molecule has 2 N–H and O–H groups in total. The summed E-state index contributed by atoms with van der Waals surface area (Å²) in [5.74, 6) is -1.84. The Morgan fingerprint density at radius 2 is 1.76 bits per heavy atom. The van der Waals surface area contributed by atoms with E-state index in [-0.39, 0.29) is 29.3 Å². The van der Waals surface area contributed by atoms with Crippen molar-refractivity contribution in [3.63, 3.8) is 0 Å². The highest BCUT2D eigenvalue weighted by atomic mass is 19.1. The lowest BCUT2D eigenvalue weighted by Gasteiger charge is -2.16. The lowest BCUT2D eigenvalue weighted by atomic mass is 10.1. The number of aliphatic imine (C=N–C) groups is 1. The van der Waals surface area contributed by atoms with Crippen LogP contribution in [0, 0.1) is 5.82 Å². The highest BCUT2D eigenvalue weighted by Gasteiger charge is 2.30. The molecule has 0 atom stereocenters. The minimum absolute atomic E-state index is 0.0570. The smallest absolute Gasteiger partial charge is 0.376 e. The molecule has 1 saturated heterocycles. The predicted octanol–water partition coefficient (Wildman–Crippen LogP) is 3.14. The number of rotatable bonds is 8. The summed E-state index contributed by atoms with van der Waals surface area (Å²) in [6.45, 7) is 0.192. The van der Waals surface area contributed by atoms with Gasteiger partial charge in [0, 0.05) is 18.2 Å². The van der Waals surface area contributed by atoms with Crippen molar-refractivity contribution < 1.29 is 28.3 Å². The molecule has 10 heteroatoms. The maximum absolute atomic E-state index is 13.1. The molecule has 0 unspecified atom stereocenters. The van der Waals surface area contributed by atoms with Crippen LogP contribution in [0.3, 0.4) is 0 Å². The summed E-state index contributed by atoms with van der Waals surface area (Å²) in [5.41, 5.74) is 3.74. The summed E-state index contributed by atoms with van der Waals surface area (Å²) in [6, 6.07) is 20.9. The summed E-state index contributed by atoms with van der Waals surface area (Å²) < 4.78 is 18.3. The molecular formula is C27H23FN4O5. The molecular weight excluding hydrogens is 479 g/mol. The zero-order chi connectivity index (χ0) is 26.2. The number of amides is 2. The zero-order valence-electron chi connectivity index (χ0n) is 19.8. The number of nitrogens with zero attached hydrogens (tertiary/aromatic N) is 2. The molecule has 1 aliphatic rings. The highest BCUT2D eigenvalue weighted by Crippen LogP contribution is 2.24. The maximum Gasteiger partial charge on any atom is 0.376 e. The fourth-order valence-corrected chi connectivity index (χ4v) is 3.42. The van der Waals surface area contributed by atoms with Crippen molar-refractivity contribution in [2.45, 2.75) is 6.42 Å².